The molecule has 1 amide bonds. The number of hydrogen-bond donors (Lipinski definition) is 1. The van der Waals surface area contributed by atoms with Gasteiger partial charge < -0.3 is 5.11 Å². The number of carbonyl (C=O) groups excluding carboxylic acids is 2. The Morgan fingerprint density at radius 2 is 1.47 bits per heavy atom. The van der Waals surface area contributed by atoms with Gasteiger partial charge in [0.25, 0.3) is 11.7 Å². The number of anilines is 1. The van der Waals surface area contributed by atoms with Gasteiger partial charge in [0.15, 0.2) is 0 Å². The largest absolute Gasteiger partial charge is 0.507 e. The fourth-order valence-corrected chi connectivity index (χ4v) is 4.65. The first-order valence-corrected chi connectivity index (χ1v) is 12.6. The summed E-state index contributed by atoms with van der Waals surface area (Å²) in [4.78, 5) is 28.3. The monoisotopic (exact) mass is 481 g/mol. The SMILES string of the molecule is CCc1ccc(/C(O)=C2/C(=O)C(=O)N(c3ccc(C(C)C)cc3)C2c2ccc(C(C)(C)C)cc2)cc1. The van der Waals surface area contributed by atoms with Gasteiger partial charge in [-0.2, -0.15) is 0 Å². The van der Waals surface area contributed by atoms with Crippen molar-refractivity contribution in [1.29, 1.82) is 0 Å². The molecule has 1 saturated heterocycles. The lowest BCUT2D eigenvalue weighted by Crippen LogP contribution is -2.29. The molecule has 0 bridgehead atoms. The molecule has 0 aliphatic carbocycles. The molecule has 186 valence electrons. The van der Waals surface area contributed by atoms with Gasteiger partial charge in [0.1, 0.15) is 5.76 Å². The third-order valence-corrected chi connectivity index (χ3v) is 7.01. The number of nitrogens with zero attached hydrogens (tertiary/aromatic N) is 1. The summed E-state index contributed by atoms with van der Waals surface area (Å²) in [5.41, 5.74) is 5.45. The van der Waals surface area contributed by atoms with Gasteiger partial charge in [-0.25, -0.2) is 0 Å². The fourth-order valence-electron chi connectivity index (χ4n) is 4.65. The van der Waals surface area contributed by atoms with E-state index < -0.39 is 17.7 Å². The maximum Gasteiger partial charge on any atom is 0.300 e. The van der Waals surface area contributed by atoms with Crippen LogP contribution >= 0.6 is 0 Å². The maximum absolute atomic E-state index is 13.4. The summed E-state index contributed by atoms with van der Waals surface area (Å²) in [6.45, 7) is 12.7. The Morgan fingerprint density at radius 3 is 1.97 bits per heavy atom. The molecule has 3 aromatic rings. The first-order chi connectivity index (χ1) is 17.0. The molecule has 1 unspecified atom stereocenters. The molecule has 1 aliphatic rings. The van der Waals surface area contributed by atoms with E-state index in [9.17, 15) is 14.7 Å². The lowest BCUT2D eigenvalue weighted by atomic mass is 9.85. The summed E-state index contributed by atoms with van der Waals surface area (Å²) in [6.07, 6.45) is 0.873. The van der Waals surface area contributed by atoms with Crippen molar-refractivity contribution in [2.24, 2.45) is 0 Å². The molecular formula is C32H35NO3. The average molecular weight is 482 g/mol. The van der Waals surface area contributed by atoms with E-state index in [0.717, 1.165) is 28.7 Å². The molecule has 0 aromatic heterocycles. The maximum atomic E-state index is 13.4. The topological polar surface area (TPSA) is 57.6 Å². The highest BCUT2D eigenvalue weighted by molar-refractivity contribution is 6.51. The predicted octanol–water partition coefficient (Wildman–Crippen LogP) is 7.30. The van der Waals surface area contributed by atoms with E-state index in [1.807, 2.05) is 60.7 Å². The summed E-state index contributed by atoms with van der Waals surface area (Å²) in [5, 5.41) is 11.3. The first kappa shape index (κ1) is 25.4. The van der Waals surface area contributed by atoms with Crippen molar-refractivity contribution in [3.8, 4) is 0 Å². The Labute approximate surface area is 214 Å². The summed E-state index contributed by atoms with van der Waals surface area (Å²) < 4.78 is 0. The Balaban J connectivity index is 1.89. The number of ketones is 1. The summed E-state index contributed by atoms with van der Waals surface area (Å²) in [7, 11) is 0. The minimum Gasteiger partial charge on any atom is -0.507 e. The number of rotatable bonds is 5. The first-order valence-electron chi connectivity index (χ1n) is 12.6. The highest BCUT2D eigenvalue weighted by Crippen LogP contribution is 2.42. The number of hydrogen-bond acceptors (Lipinski definition) is 3. The molecule has 4 rings (SSSR count). The second-order valence-corrected chi connectivity index (χ2v) is 10.8. The van der Waals surface area contributed by atoms with Gasteiger partial charge in [-0.3, -0.25) is 14.5 Å². The number of aryl methyl sites for hydroxylation is 1. The predicted molar refractivity (Wildman–Crippen MR) is 146 cm³/mol. The molecule has 0 saturated carbocycles. The van der Waals surface area contributed by atoms with E-state index in [2.05, 4.69) is 41.5 Å². The Bertz CT molecular complexity index is 1290. The normalized spacial score (nSPS) is 17.8. The molecule has 1 aliphatic heterocycles. The fraction of sp³-hybridized carbons (Fsp3) is 0.312. The van der Waals surface area contributed by atoms with Crippen LogP contribution < -0.4 is 4.90 Å². The van der Waals surface area contributed by atoms with Gasteiger partial charge in [-0.15, -0.1) is 0 Å². The van der Waals surface area contributed by atoms with Crippen molar-refractivity contribution < 1.29 is 14.7 Å². The van der Waals surface area contributed by atoms with E-state index in [1.54, 1.807) is 12.1 Å². The van der Waals surface area contributed by atoms with Gasteiger partial charge in [0, 0.05) is 11.3 Å². The quantitative estimate of drug-likeness (QED) is 0.236. The van der Waals surface area contributed by atoms with Crippen LogP contribution in [0, 0.1) is 0 Å². The lowest BCUT2D eigenvalue weighted by Gasteiger charge is -2.27. The number of Topliss-reactive ketones (excluding diaryl/α,β-unsaturated/α-hetero) is 1. The van der Waals surface area contributed by atoms with Gasteiger partial charge >= 0.3 is 0 Å². The Hall–Kier alpha value is -3.66. The van der Waals surface area contributed by atoms with Crippen molar-refractivity contribution in [2.45, 2.75) is 65.3 Å². The third-order valence-electron chi connectivity index (χ3n) is 7.01. The highest BCUT2D eigenvalue weighted by Gasteiger charge is 2.47. The second kappa shape index (κ2) is 9.77. The number of benzene rings is 3. The number of aliphatic hydroxyl groups is 1. The van der Waals surface area contributed by atoms with Crippen LogP contribution in [0.3, 0.4) is 0 Å². The van der Waals surface area contributed by atoms with E-state index >= 15 is 0 Å². The van der Waals surface area contributed by atoms with Gasteiger partial charge in [0.05, 0.1) is 11.6 Å². The third kappa shape index (κ3) is 4.73. The standard InChI is InChI=1S/C32H35NO3/c1-7-21-8-10-24(11-9-21)29(34)27-28(23-12-16-25(17-13-23)32(4,5)6)33(31(36)30(27)35)26-18-14-22(15-19-26)20(2)3/h8-20,28,34H,7H2,1-6H3/b29-27-. The van der Waals surface area contributed by atoms with E-state index in [4.69, 9.17) is 0 Å². The van der Waals surface area contributed by atoms with E-state index in [1.165, 1.54) is 4.90 Å². The van der Waals surface area contributed by atoms with Crippen LogP contribution in [0.25, 0.3) is 5.76 Å². The zero-order chi connectivity index (χ0) is 26.2. The number of carbonyl (C=O) groups is 2. The van der Waals surface area contributed by atoms with Gasteiger partial charge in [-0.1, -0.05) is 102 Å². The lowest BCUT2D eigenvalue weighted by molar-refractivity contribution is -0.132. The summed E-state index contributed by atoms with van der Waals surface area (Å²) in [5.74, 6) is -1.11. The molecule has 1 heterocycles. The van der Waals surface area contributed by atoms with Crippen LogP contribution in [-0.2, 0) is 21.4 Å². The summed E-state index contributed by atoms with van der Waals surface area (Å²) >= 11 is 0. The Kier molecular flexibility index (Phi) is 6.90. The smallest absolute Gasteiger partial charge is 0.300 e. The molecule has 36 heavy (non-hydrogen) atoms. The average Bonchev–Trinajstić information content (AvgIpc) is 3.13. The van der Waals surface area contributed by atoms with Crippen LogP contribution in [0.1, 0.15) is 81.3 Å². The van der Waals surface area contributed by atoms with Crippen LogP contribution in [0.4, 0.5) is 5.69 Å². The number of aliphatic hydroxyl groups excluding tert-OH is 1. The zero-order valence-electron chi connectivity index (χ0n) is 22.0. The Morgan fingerprint density at radius 1 is 0.889 bits per heavy atom. The van der Waals surface area contributed by atoms with Gasteiger partial charge in [-0.05, 0) is 52.1 Å². The van der Waals surface area contributed by atoms with Crippen molar-refractivity contribution in [3.63, 3.8) is 0 Å². The van der Waals surface area contributed by atoms with Gasteiger partial charge in [0.2, 0.25) is 0 Å². The molecule has 4 nitrogen and oxygen atoms in total. The summed E-state index contributed by atoms with van der Waals surface area (Å²) in [6, 6.07) is 22.5. The van der Waals surface area contributed by atoms with Crippen LogP contribution in [0.15, 0.2) is 78.4 Å². The van der Waals surface area contributed by atoms with Crippen molar-refractivity contribution in [3.05, 3.63) is 106 Å². The molecule has 0 spiro atoms. The van der Waals surface area contributed by atoms with Crippen molar-refractivity contribution in [2.75, 3.05) is 4.90 Å². The van der Waals surface area contributed by atoms with Crippen LogP contribution in [0.5, 0.6) is 0 Å². The molecule has 0 radical (unpaired) electrons. The minimum atomic E-state index is -0.727. The second-order valence-electron chi connectivity index (χ2n) is 10.8. The van der Waals surface area contributed by atoms with E-state index in [-0.39, 0.29) is 16.7 Å². The van der Waals surface area contributed by atoms with Crippen molar-refractivity contribution >= 4 is 23.1 Å². The van der Waals surface area contributed by atoms with Crippen molar-refractivity contribution in [1.82, 2.24) is 0 Å². The van der Waals surface area contributed by atoms with E-state index in [0.29, 0.717) is 17.2 Å². The highest BCUT2D eigenvalue weighted by atomic mass is 16.3. The zero-order valence-corrected chi connectivity index (χ0v) is 22.0. The molecule has 1 fully saturated rings. The molecule has 3 aromatic carbocycles. The molecular weight excluding hydrogens is 446 g/mol. The minimum absolute atomic E-state index is 0.0337. The molecule has 4 heteroatoms. The van der Waals surface area contributed by atoms with Crippen LogP contribution in [0.2, 0.25) is 0 Å². The molecule has 1 atom stereocenters. The van der Waals surface area contributed by atoms with Crippen LogP contribution in [-0.4, -0.2) is 16.8 Å². The molecule has 1 N–H and O–H groups in total. The number of amides is 1.